The summed E-state index contributed by atoms with van der Waals surface area (Å²) in [6.07, 6.45) is 0. The Morgan fingerprint density at radius 3 is 1.90 bits per heavy atom. The molecule has 1 aromatic heterocycles. The number of benzene rings is 3. The molecule has 4 aromatic rings. The third-order valence-corrected chi connectivity index (χ3v) is 7.47. The molecule has 1 heterocycles. The van der Waals surface area contributed by atoms with E-state index in [1.807, 2.05) is 62.4 Å². The highest BCUT2D eigenvalue weighted by Gasteiger charge is 2.26. The third-order valence-electron chi connectivity index (χ3n) is 4.73. The topological polar surface area (TPSA) is 63.2 Å². The summed E-state index contributed by atoms with van der Waals surface area (Å²) >= 11 is 1.40. The van der Waals surface area contributed by atoms with Crippen LogP contribution < -0.4 is 4.31 Å². The van der Waals surface area contributed by atoms with Gasteiger partial charge >= 0.3 is 0 Å². The van der Waals surface area contributed by atoms with Crippen molar-refractivity contribution in [3.63, 3.8) is 0 Å². The van der Waals surface area contributed by atoms with Gasteiger partial charge in [-0.15, -0.1) is 0 Å². The van der Waals surface area contributed by atoms with Crippen LogP contribution in [0.1, 0.15) is 11.1 Å². The zero-order valence-corrected chi connectivity index (χ0v) is 18.5. The van der Waals surface area contributed by atoms with Crippen molar-refractivity contribution in [3.05, 3.63) is 83.9 Å². The van der Waals surface area contributed by atoms with Crippen molar-refractivity contribution in [3.8, 4) is 0 Å². The second kappa shape index (κ2) is 8.08. The van der Waals surface area contributed by atoms with Gasteiger partial charge in [0.25, 0.3) is 10.0 Å². The monoisotopic (exact) mass is 435 g/mol. The highest BCUT2D eigenvalue weighted by Crippen LogP contribution is 2.35. The number of fused-ring (bicyclic) bond motifs is 1. The molecule has 4 rings (SSSR count). The molecule has 0 aliphatic heterocycles. The molecular formula is C23H21N3O2S2. The van der Waals surface area contributed by atoms with E-state index in [4.69, 9.17) is 4.98 Å². The lowest BCUT2D eigenvalue weighted by atomic mass is 10.2. The van der Waals surface area contributed by atoms with E-state index < -0.39 is 10.0 Å². The van der Waals surface area contributed by atoms with Crippen LogP contribution in [0.5, 0.6) is 0 Å². The summed E-state index contributed by atoms with van der Waals surface area (Å²) in [7, 11) is -2.26. The molecule has 0 fully saturated rings. The molecule has 0 radical (unpaired) electrons. The van der Waals surface area contributed by atoms with E-state index in [0.29, 0.717) is 16.4 Å². The predicted molar refractivity (Wildman–Crippen MR) is 122 cm³/mol. The summed E-state index contributed by atoms with van der Waals surface area (Å²) in [6, 6.07) is 22.3. The van der Waals surface area contributed by atoms with Gasteiger partial charge in [-0.3, -0.25) is 4.31 Å². The Morgan fingerprint density at radius 1 is 0.767 bits per heavy atom. The van der Waals surface area contributed by atoms with E-state index in [0.717, 1.165) is 21.5 Å². The highest BCUT2D eigenvalue weighted by molar-refractivity contribution is 7.99. The maximum atomic E-state index is 13.3. The summed E-state index contributed by atoms with van der Waals surface area (Å²) in [6.45, 7) is 3.95. The van der Waals surface area contributed by atoms with Gasteiger partial charge in [-0.2, -0.15) is 0 Å². The summed E-state index contributed by atoms with van der Waals surface area (Å²) in [5.74, 6) is 0.305. The van der Waals surface area contributed by atoms with Crippen molar-refractivity contribution >= 4 is 38.6 Å². The number of hydrogen-bond acceptors (Lipinski definition) is 5. The minimum atomic E-state index is -3.78. The number of aryl methyl sites for hydroxylation is 2. The van der Waals surface area contributed by atoms with Crippen LogP contribution >= 0.6 is 11.8 Å². The molecule has 3 aromatic carbocycles. The largest absolute Gasteiger partial charge is 0.265 e. The van der Waals surface area contributed by atoms with Crippen molar-refractivity contribution in [2.24, 2.45) is 0 Å². The van der Waals surface area contributed by atoms with Gasteiger partial charge in [0.2, 0.25) is 0 Å². The van der Waals surface area contributed by atoms with Gasteiger partial charge in [0.1, 0.15) is 5.03 Å². The van der Waals surface area contributed by atoms with Crippen LogP contribution in [-0.2, 0) is 10.0 Å². The lowest BCUT2D eigenvalue weighted by Crippen LogP contribution is -2.28. The van der Waals surface area contributed by atoms with E-state index in [2.05, 4.69) is 4.98 Å². The first kappa shape index (κ1) is 20.4. The van der Waals surface area contributed by atoms with Gasteiger partial charge in [-0.25, -0.2) is 18.4 Å². The van der Waals surface area contributed by atoms with Gasteiger partial charge in [-0.1, -0.05) is 59.3 Å². The first-order valence-corrected chi connectivity index (χ1v) is 11.7. The zero-order valence-electron chi connectivity index (χ0n) is 16.9. The number of anilines is 1. The Labute approximate surface area is 180 Å². The highest BCUT2D eigenvalue weighted by atomic mass is 32.2. The molecule has 0 N–H and O–H groups in total. The normalized spacial score (nSPS) is 11.6. The van der Waals surface area contributed by atoms with Crippen molar-refractivity contribution in [2.45, 2.75) is 28.7 Å². The van der Waals surface area contributed by atoms with Gasteiger partial charge in [-0.05, 0) is 50.2 Å². The molecular weight excluding hydrogens is 414 g/mol. The second-order valence-corrected chi connectivity index (χ2v) is 10.1. The maximum Gasteiger partial charge on any atom is 0.265 e. The lowest BCUT2D eigenvalue weighted by molar-refractivity contribution is 0.593. The van der Waals surface area contributed by atoms with E-state index in [-0.39, 0.29) is 4.90 Å². The van der Waals surface area contributed by atoms with E-state index in [9.17, 15) is 8.42 Å². The van der Waals surface area contributed by atoms with Gasteiger partial charge in [0, 0.05) is 11.9 Å². The quantitative estimate of drug-likeness (QED) is 0.430. The lowest BCUT2D eigenvalue weighted by Gasteiger charge is -2.21. The molecule has 0 aliphatic rings. The number of aromatic nitrogens is 2. The van der Waals surface area contributed by atoms with E-state index >= 15 is 0 Å². The Kier molecular flexibility index (Phi) is 5.49. The summed E-state index contributed by atoms with van der Waals surface area (Å²) < 4.78 is 27.8. The van der Waals surface area contributed by atoms with Gasteiger partial charge < -0.3 is 0 Å². The average molecular weight is 436 g/mol. The van der Waals surface area contributed by atoms with Crippen molar-refractivity contribution < 1.29 is 8.42 Å². The van der Waals surface area contributed by atoms with E-state index in [1.54, 1.807) is 24.3 Å². The molecule has 7 heteroatoms. The predicted octanol–water partition coefficient (Wildman–Crippen LogP) is 5.22. The maximum absolute atomic E-state index is 13.3. The number of para-hydroxylation sites is 2. The standard InChI is InChI=1S/C23H21N3O2S2/c1-16-8-12-18(13-9-16)29-23-22(24-20-6-4-5-7-21(20)25-23)26(3)30(27,28)19-14-10-17(2)11-15-19/h4-15H,1-3H3. The van der Waals surface area contributed by atoms with Crippen molar-refractivity contribution in [1.82, 2.24) is 9.97 Å². The smallest absolute Gasteiger partial charge is 0.251 e. The summed E-state index contributed by atoms with van der Waals surface area (Å²) in [4.78, 5) is 10.6. The fourth-order valence-corrected chi connectivity index (χ4v) is 5.07. The molecule has 0 spiro atoms. The number of hydrogen-bond donors (Lipinski definition) is 0. The van der Waals surface area contributed by atoms with Crippen LogP contribution in [0, 0.1) is 13.8 Å². The fourth-order valence-electron chi connectivity index (χ4n) is 2.95. The minimum Gasteiger partial charge on any atom is -0.251 e. The van der Waals surface area contributed by atoms with Crippen LogP contribution in [0.25, 0.3) is 11.0 Å². The first-order chi connectivity index (χ1) is 14.3. The Hall–Kier alpha value is -2.90. The minimum absolute atomic E-state index is 0.219. The number of nitrogens with zero attached hydrogens (tertiary/aromatic N) is 3. The summed E-state index contributed by atoms with van der Waals surface area (Å²) in [5, 5.41) is 0.538. The zero-order chi connectivity index (χ0) is 21.3. The molecule has 0 aliphatic carbocycles. The first-order valence-electron chi connectivity index (χ1n) is 9.41. The molecule has 0 saturated carbocycles. The van der Waals surface area contributed by atoms with Crippen LogP contribution in [-0.4, -0.2) is 25.4 Å². The van der Waals surface area contributed by atoms with Crippen LogP contribution in [0.3, 0.4) is 0 Å². The number of sulfonamides is 1. The van der Waals surface area contributed by atoms with Crippen LogP contribution in [0.15, 0.2) is 87.6 Å². The molecule has 0 bridgehead atoms. The van der Waals surface area contributed by atoms with Crippen LogP contribution in [0.2, 0.25) is 0 Å². The van der Waals surface area contributed by atoms with Crippen LogP contribution in [0.4, 0.5) is 5.82 Å². The van der Waals surface area contributed by atoms with Gasteiger partial charge in [0.05, 0.1) is 15.9 Å². The fraction of sp³-hybridized carbons (Fsp3) is 0.130. The molecule has 152 valence electrons. The SMILES string of the molecule is Cc1ccc(Sc2nc3ccccc3nc2N(C)S(=O)(=O)c2ccc(C)cc2)cc1. The molecule has 0 saturated heterocycles. The number of rotatable bonds is 5. The Morgan fingerprint density at radius 2 is 1.30 bits per heavy atom. The second-order valence-electron chi connectivity index (χ2n) is 7.04. The molecule has 0 amide bonds. The Balaban J connectivity index is 1.83. The summed E-state index contributed by atoms with van der Waals surface area (Å²) in [5.41, 5.74) is 3.52. The van der Waals surface area contributed by atoms with Crippen molar-refractivity contribution in [2.75, 3.05) is 11.4 Å². The van der Waals surface area contributed by atoms with Gasteiger partial charge in [0.15, 0.2) is 5.82 Å². The molecule has 5 nitrogen and oxygen atoms in total. The van der Waals surface area contributed by atoms with Crippen molar-refractivity contribution in [1.29, 1.82) is 0 Å². The Bertz CT molecular complexity index is 1300. The third kappa shape index (κ3) is 4.04. The molecule has 0 atom stereocenters. The molecule has 0 unspecified atom stereocenters. The van der Waals surface area contributed by atoms with E-state index in [1.165, 1.54) is 23.1 Å². The molecule has 30 heavy (non-hydrogen) atoms. The average Bonchev–Trinajstić information content (AvgIpc) is 2.74.